The van der Waals surface area contributed by atoms with Gasteiger partial charge in [0.05, 0.1) is 6.26 Å². The lowest BCUT2D eigenvalue weighted by Gasteiger charge is -2.08. The molecule has 0 aromatic carbocycles. The van der Waals surface area contributed by atoms with Crippen LogP contribution < -0.4 is 0 Å². The van der Waals surface area contributed by atoms with Crippen LogP contribution in [0.25, 0.3) is 0 Å². The summed E-state index contributed by atoms with van der Waals surface area (Å²) in [5, 5.41) is 0. The van der Waals surface area contributed by atoms with Gasteiger partial charge in [0, 0.05) is 26.8 Å². The highest BCUT2D eigenvalue weighted by molar-refractivity contribution is 4.69. The first-order valence-corrected chi connectivity index (χ1v) is 3.72. The van der Waals surface area contributed by atoms with Crippen LogP contribution in [0.4, 0.5) is 0 Å². The van der Waals surface area contributed by atoms with Crippen LogP contribution in [-0.2, 0) is 4.74 Å². The Labute approximate surface area is 69.2 Å². The largest absolute Gasteiger partial charge is 0.498 e. The molecule has 0 aromatic rings. The average molecular weight is 158 g/mol. The second kappa shape index (κ2) is 6.04. The summed E-state index contributed by atoms with van der Waals surface area (Å²) in [6.45, 7) is 1.70. The van der Waals surface area contributed by atoms with Gasteiger partial charge in [0.1, 0.15) is 6.61 Å². The van der Waals surface area contributed by atoms with Crippen LogP contribution in [0.2, 0.25) is 0 Å². The molecule has 11 heavy (non-hydrogen) atoms. The molecular weight excluding hydrogens is 140 g/mol. The zero-order chi connectivity index (χ0) is 8.69. The fourth-order valence-corrected chi connectivity index (χ4v) is 0.468. The third-order valence-electron chi connectivity index (χ3n) is 1.11. The normalized spacial score (nSPS) is 11.0. The molecule has 0 amide bonds. The number of nitrogens with zero attached hydrogens (tertiary/aromatic N) is 2. The van der Waals surface area contributed by atoms with Gasteiger partial charge in [0.2, 0.25) is 0 Å². The Bertz CT molecular complexity index is 111. The molecule has 0 fully saturated rings. The highest BCUT2D eigenvalue weighted by atomic mass is 16.5. The number of rotatable bonds is 5. The molecule has 66 valence electrons. The van der Waals surface area contributed by atoms with E-state index >= 15 is 0 Å². The first kappa shape index (κ1) is 10.3. The molecule has 0 unspecified atom stereocenters. The van der Waals surface area contributed by atoms with E-state index in [9.17, 15) is 0 Å². The van der Waals surface area contributed by atoms with Crippen LogP contribution in [-0.4, -0.2) is 51.1 Å². The van der Waals surface area contributed by atoms with Crippen molar-refractivity contribution in [1.82, 2.24) is 9.80 Å². The summed E-state index contributed by atoms with van der Waals surface area (Å²) < 4.78 is 5.19. The van der Waals surface area contributed by atoms with Crippen molar-refractivity contribution < 1.29 is 4.74 Å². The Morgan fingerprint density at radius 2 is 1.82 bits per heavy atom. The first-order chi connectivity index (χ1) is 5.13. The van der Waals surface area contributed by atoms with E-state index in [1.807, 2.05) is 39.3 Å². The molecule has 3 nitrogen and oxygen atoms in total. The van der Waals surface area contributed by atoms with Crippen LogP contribution >= 0.6 is 0 Å². The summed E-state index contributed by atoms with van der Waals surface area (Å²) in [7, 11) is 7.98. The summed E-state index contributed by atoms with van der Waals surface area (Å²) in [6, 6.07) is 0. The highest BCUT2D eigenvalue weighted by Crippen LogP contribution is 1.82. The van der Waals surface area contributed by atoms with Gasteiger partial charge in [-0.2, -0.15) is 0 Å². The lowest BCUT2D eigenvalue weighted by atomic mass is 10.6. The third kappa shape index (κ3) is 9.30. The Kier molecular flexibility index (Phi) is 5.65. The number of likely N-dealkylation sites (N-methyl/N-ethyl adjacent to an activating group) is 1. The van der Waals surface area contributed by atoms with Crippen molar-refractivity contribution in [1.29, 1.82) is 0 Å². The summed E-state index contributed by atoms with van der Waals surface area (Å²) in [6.07, 6.45) is 3.60. The topological polar surface area (TPSA) is 15.7 Å². The second-order valence-electron chi connectivity index (χ2n) is 2.92. The molecule has 0 saturated heterocycles. The Morgan fingerprint density at radius 3 is 2.27 bits per heavy atom. The van der Waals surface area contributed by atoms with Gasteiger partial charge >= 0.3 is 0 Å². The molecule has 0 atom stereocenters. The van der Waals surface area contributed by atoms with Gasteiger partial charge in [0.15, 0.2) is 0 Å². The van der Waals surface area contributed by atoms with E-state index in [0.717, 1.165) is 13.2 Å². The van der Waals surface area contributed by atoms with Gasteiger partial charge in [-0.15, -0.1) is 0 Å². The molecule has 0 heterocycles. The maximum absolute atomic E-state index is 5.19. The molecule has 0 saturated carbocycles. The number of hydrogen-bond acceptors (Lipinski definition) is 3. The van der Waals surface area contributed by atoms with E-state index in [4.69, 9.17) is 4.74 Å². The number of hydrogen-bond donors (Lipinski definition) is 0. The Balaban J connectivity index is 3.14. The fraction of sp³-hybridized carbons (Fsp3) is 0.750. The fourth-order valence-electron chi connectivity index (χ4n) is 0.468. The molecule has 0 N–H and O–H groups in total. The molecule has 0 bridgehead atoms. The maximum Gasteiger partial charge on any atom is 0.100 e. The Morgan fingerprint density at radius 1 is 1.18 bits per heavy atom. The zero-order valence-corrected chi connectivity index (χ0v) is 7.87. The van der Waals surface area contributed by atoms with Crippen LogP contribution in [0.15, 0.2) is 12.5 Å². The van der Waals surface area contributed by atoms with Crippen molar-refractivity contribution in [2.45, 2.75) is 0 Å². The molecule has 0 spiro atoms. The predicted molar refractivity (Wildman–Crippen MR) is 47.3 cm³/mol. The van der Waals surface area contributed by atoms with E-state index in [2.05, 4.69) is 4.90 Å². The predicted octanol–water partition coefficient (Wildman–Crippen LogP) is 0.597. The van der Waals surface area contributed by atoms with Crippen molar-refractivity contribution in [2.75, 3.05) is 41.3 Å². The van der Waals surface area contributed by atoms with Gasteiger partial charge in [-0.3, -0.25) is 0 Å². The number of ether oxygens (including phenoxy) is 1. The van der Waals surface area contributed by atoms with E-state index < -0.39 is 0 Å². The summed E-state index contributed by atoms with van der Waals surface area (Å²) in [5.41, 5.74) is 0. The smallest absolute Gasteiger partial charge is 0.100 e. The molecule has 3 heteroatoms. The minimum Gasteiger partial charge on any atom is -0.498 e. The van der Waals surface area contributed by atoms with E-state index in [1.165, 1.54) is 0 Å². The van der Waals surface area contributed by atoms with Crippen LogP contribution in [0.1, 0.15) is 0 Å². The monoisotopic (exact) mass is 158 g/mol. The van der Waals surface area contributed by atoms with Gasteiger partial charge in [-0.05, 0) is 14.1 Å². The van der Waals surface area contributed by atoms with Gasteiger partial charge in [-0.25, -0.2) is 0 Å². The Hall–Kier alpha value is -0.700. The van der Waals surface area contributed by atoms with E-state index in [-0.39, 0.29) is 0 Å². The quantitative estimate of drug-likeness (QED) is 0.430. The van der Waals surface area contributed by atoms with Crippen molar-refractivity contribution in [3.8, 4) is 0 Å². The van der Waals surface area contributed by atoms with Gasteiger partial charge in [0.25, 0.3) is 0 Å². The lowest BCUT2D eigenvalue weighted by Crippen LogP contribution is -2.17. The van der Waals surface area contributed by atoms with Crippen LogP contribution in [0.3, 0.4) is 0 Å². The first-order valence-electron chi connectivity index (χ1n) is 3.72. The minimum absolute atomic E-state index is 0.747. The van der Waals surface area contributed by atoms with Crippen molar-refractivity contribution >= 4 is 0 Å². The maximum atomic E-state index is 5.19. The molecule has 0 radical (unpaired) electrons. The second-order valence-corrected chi connectivity index (χ2v) is 2.92. The average Bonchev–Trinajstić information content (AvgIpc) is 1.85. The molecule has 0 aromatic heterocycles. The van der Waals surface area contributed by atoms with E-state index in [0.29, 0.717) is 0 Å². The van der Waals surface area contributed by atoms with Crippen molar-refractivity contribution in [2.24, 2.45) is 0 Å². The standard InChI is InChI=1S/C8H18N2O/c1-9(2)5-7-11-8-6-10(3)4/h5,7H,6,8H2,1-4H3/b7-5+. The minimum atomic E-state index is 0.747. The van der Waals surface area contributed by atoms with Gasteiger partial charge < -0.3 is 14.5 Å². The van der Waals surface area contributed by atoms with Crippen LogP contribution in [0, 0.1) is 0 Å². The van der Waals surface area contributed by atoms with E-state index in [1.54, 1.807) is 6.26 Å². The molecule has 0 aliphatic rings. The lowest BCUT2D eigenvalue weighted by molar-refractivity contribution is 0.208. The molecule has 0 rings (SSSR count). The SMILES string of the molecule is CN(C)/C=C/OCCN(C)C. The highest BCUT2D eigenvalue weighted by Gasteiger charge is 1.86. The molecular formula is C8H18N2O. The van der Waals surface area contributed by atoms with Crippen molar-refractivity contribution in [3.63, 3.8) is 0 Å². The van der Waals surface area contributed by atoms with Gasteiger partial charge in [-0.1, -0.05) is 0 Å². The zero-order valence-electron chi connectivity index (χ0n) is 7.87. The summed E-state index contributed by atoms with van der Waals surface area (Å²) in [5.74, 6) is 0. The van der Waals surface area contributed by atoms with Crippen molar-refractivity contribution in [3.05, 3.63) is 12.5 Å². The summed E-state index contributed by atoms with van der Waals surface area (Å²) in [4.78, 5) is 4.03. The summed E-state index contributed by atoms with van der Waals surface area (Å²) >= 11 is 0. The van der Waals surface area contributed by atoms with Crippen LogP contribution in [0.5, 0.6) is 0 Å². The molecule has 0 aliphatic heterocycles. The third-order valence-corrected chi connectivity index (χ3v) is 1.11. The molecule has 0 aliphatic carbocycles.